The standard InChI is InChI=1S/C19H21N3OS/c1-14(2)11-12-23-16-9-7-15(8-10-16)13-20-22-19-21-17-5-3-4-6-18(17)24-19/h3-10,13-14H,11-12H2,1-2H3,(H,21,22)/b20-13-. The average Bonchev–Trinajstić information content (AvgIpc) is 2.99. The Bertz CT molecular complexity index is 776. The Morgan fingerprint density at radius 2 is 1.96 bits per heavy atom. The summed E-state index contributed by atoms with van der Waals surface area (Å²) in [5.41, 5.74) is 4.99. The summed E-state index contributed by atoms with van der Waals surface area (Å²) in [5, 5.41) is 5.05. The first kappa shape index (κ1) is 16.5. The van der Waals surface area contributed by atoms with Crippen LogP contribution < -0.4 is 10.2 Å². The van der Waals surface area contributed by atoms with Crippen LogP contribution in [0.3, 0.4) is 0 Å². The predicted molar refractivity (Wildman–Crippen MR) is 102 cm³/mol. The number of fused-ring (bicyclic) bond motifs is 1. The van der Waals surface area contributed by atoms with Gasteiger partial charge >= 0.3 is 0 Å². The highest BCUT2D eigenvalue weighted by Crippen LogP contribution is 2.25. The highest BCUT2D eigenvalue weighted by molar-refractivity contribution is 7.22. The van der Waals surface area contributed by atoms with Gasteiger partial charge in [-0.2, -0.15) is 5.10 Å². The number of thiazole rings is 1. The lowest BCUT2D eigenvalue weighted by Crippen LogP contribution is -2.01. The molecule has 0 radical (unpaired) electrons. The third-order valence-electron chi connectivity index (χ3n) is 3.51. The van der Waals surface area contributed by atoms with Crippen molar-refractivity contribution in [1.29, 1.82) is 0 Å². The lowest BCUT2D eigenvalue weighted by Gasteiger charge is -2.07. The summed E-state index contributed by atoms with van der Waals surface area (Å²) in [5.74, 6) is 1.55. The van der Waals surface area contributed by atoms with Gasteiger partial charge < -0.3 is 4.74 Å². The van der Waals surface area contributed by atoms with Crippen LogP contribution in [0.1, 0.15) is 25.8 Å². The second-order valence-corrected chi connectivity index (χ2v) is 6.99. The van der Waals surface area contributed by atoms with E-state index in [1.165, 1.54) is 0 Å². The Morgan fingerprint density at radius 1 is 1.17 bits per heavy atom. The number of aromatic nitrogens is 1. The van der Waals surface area contributed by atoms with Crippen LogP contribution in [-0.4, -0.2) is 17.8 Å². The van der Waals surface area contributed by atoms with Gasteiger partial charge in [0, 0.05) is 0 Å². The molecule has 0 bridgehead atoms. The first-order valence-electron chi connectivity index (χ1n) is 8.08. The van der Waals surface area contributed by atoms with Gasteiger partial charge in [-0.05, 0) is 54.3 Å². The molecule has 0 aliphatic rings. The van der Waals surface area contributed by atoms with Gasteiger partial charge in [0.15, 0.2) is 0 Å². The minimum atomic E-state index is 0.657. The molecule has 0 amide bonds. The maximum atomic E-state index is 5.71. The molecule has 0 saturated carbocycles. The van der Waals surface area contributed by atoms with E-state index in [9.17, 15) is 0 Å². The van der Waals surface area contributed by atoms with Crippen molar-refractivity contribution >= 4 is 32.9 Å². The Balaban J connectivity index is 1.54. The van der Waals surface area contributed by atoms with E-state index in [2.05, 4.69) is 35.4 Å². The van der Waals surface area contributed by atoms with Gasteiger partial charge in [0.05, 0.1) is 23.0 Å². The van der Waals surface area contributed by atoms with Gasteiger partial charge in [-0.15, -0.1) is 0 Å². The van der Waals surface area contributed by atoms with Crippen LogP contribution in [0.25, 0.3) is 10.2 Å². The fraction of sp³-hybridized carbons (Fsp3) is 0.263. The third-order valence-corrected chi connectivity index (χ3v) is 4.45. The van der Waals surface area contributed by atoms with E-state index in [-0.39, 0.29) is 0 Å². The number of ether oxygens (including phenoxy) is 1. The predicted octanol–water partition coefficient (Wildman–Crippen LogP) is 5.17. The Labute approximate surface area is 146 Å². The maximum absolute atomic E-state index is 5.71. The van der Waals surface area contributed by atoms with Gasteiger partial charge in [-0.25, -0.2) is 4.98 Å². The van der Waals surface area contributed by atoms with Gasteiger partial charge in [0.1, 0.15) is 5.75 Å². The molecule has 3 rings (SSSR count). The largest absolute Gasteiger partial charge is 0.494 e. The van der Waals surface area contributed by atoms with Crippen molar-refractivity contribution in [2.75, 3.05) is 12.0 Å². The lowest BCUT2D eigenvalue weighted by atomic mass is 10.1. The smallest absolute Gasteiger partial charge is 0.204 e. The second kappa shape index (κ2) is 7.93. The van der Waals surface area contributed by atoms with E-state index in [4.69, 9.17) is 4.74 Å². The Hall–Kier alpha value is -2.40. The maximum Gasteiger partial charge on any atom is 0.204 e. The summed E-state index contributed by atoms with van der Waals surface area (Å²) >= 11 is 1.59. The van der Waals surface area contributed by atoms with Crippen LogP contribution in [0.15, 0.2) is 53.6 Å². The number of para-hydroxylation sites is 1. The van der Waals surface area contributed by atoms with Crippen LogP contribution in [0.2, 0.25) is 0 Å². The van der Waals surface area contributed by atoms with Gasteiger partial charge in [-0.3, -0.25) is 5.43 Å². The molecular weight excluding hydrogens is 318 g/mol. The summed E-state index contributed by atoms with van der Waals surface area (Å²) in [7, 11) is 0. The van der Waals surface area contributed by atoms with E-state index in [1.807, 2.05) is 42.5 Å². The van der Waals surface area contributed by atoms with Crippen LogP contribution in [0, 0.1) is 5.92 Å². The van der Waals surface area contributed by atoms with E-state index < -0.39 is 0 Å². The SMILES string of the molecule is CC(C)CCOc1ccc(/C=N\Nc2nc3ccccc3s2)cc1. The Kier molecular flexibility index (Phi) is 5.43. The van der Waals surface area contributed by atoms with E-state index in [1.54, 1.807) is 17.6 Å². The van der Waals surface area contributed by atoms with Crippen molar-refractivity contribution < 1.29 is 4.74 Å². The number of rotatable bonds is 7. The summed E-state index contributed by atoms with van der Waals surface area (Å²) in [4.78, 5) is 4.48. The van der Waals surface area contributed by atoms with E-state index in [0.717, 1.165) is 39.7 Å². The number of hydrazone groups is 1. The van der Waals surface area contributed by atoms with E-state index in [0.29, 0.717) is 5.92 Å². The van der Waals surface area contributed by atoms with Gasteiger partial charge in [0.2, 0.25) is 5.13 Å². The second-order valence-electron chi connectivity index (χ2n) is 5.96. The minimum Gasteiger partial charge on any atom is -0.494 e. The molecule has 0 saturated heterocycles. The zero-order chi connectivity index (χ0) is 16.8. The first-order valence-corrected chi connectivity index (χ1v) is 8.90. The molecule has 5 heteroatoms. The molecule has 0 aliphatic carbocycles. The van der Waals surface area contributed by atoms with E-state index >= 15 is 0 Å². The number of hydrogen-bond acceptors (Lipinski definition) is 5. The molecule has 3 aromatic rings. The number of nitrogens with one attached hydrogen (secondary N) is 1. The summed E-state index contributed by atoms with van der Waals surface area (Å²) < 4.78 is 6.86. The molecule has 0 atom stereocenters. The molecule has 24 heavy (non-hydrogen) atoms. The topological polar surface area (TPSA) is 46.5 Å². The highest BCUT2D eigenvalue weighted by atomic mass is 32.1. The number of anilines is 1. The molecule has 2 aromatic carbocycles. The Morgan fingerprint density at radius 3 is 2.71 bits per heavy atom. The van der Waals surface area contributed by atoms with Crippen molar-refractivity contribution in [2.45, 2.75) is 20.3 Å². The van der Waals surface area contributed by atoms with Crippen molar-refractivity contribution in [3.05, 3.63) is 54.1 Å². The molecule has 1 aromatic heterocycles. The monoisotopic (exact) mass is 339 g/mol. The molecule has 4 nitrogen and oxygen atoms in total. The summed E-state index contributed by atoms with van der Waals surface area (Å²) in [6, 6.07) is 16.0. The van der Waals surface area contributed by atoms with Crippen LogP contribution in [0.4, 0.5) is 5.13 Å². The fourth-order valence-electron chi connectivity index (χ4n) is 2.14. The molecule has 0 unspecified atom stereocenters. The van der Waals surface area contributed by atoms with Crippen LogP contribution in [-0.2, 0) is 0 Å². The van der Waals surface area contributed by atoms with Crippen LogP contribution >= 0.6 is 11.3 Å². The molecule has 0 fully saturated rings. The molecule has 1 N–H and O–H groups in total. The zero-order valence-corrected chi connectivity index (χ0v) is 14.7. The minimum absolute atomic E-state index is 0.657. The van der Waals surface area contributed by atoms with Crippen molar-refractivity contribution in [3.63, 3.8) is 0 Å². The molecule has 0 aliphatic heterocycles. The first-order chi connectivity index (χ1) is 11.7. The zero-order valence-electron chi connectivity index (χ0n) is 13.9. The molecule has 1 heterocycles. The summed E-state index contributed by atoms with van der Waals surface area (Å²) in [6.45, 7) is 5.15. The normalized spacial score (nSPS) is 11.5. The quantitative estimate of drug-likeness (QED) is 0.477. The molecule has 0 spiro atoms. The fourth-order valence-corrected chi connectivity index (χ4v) is 2.96. The molecular formula is C19H21N3OS. The summed E-state index contributed by atoms with van der Waals surface area (Å²) in [6.07, 6.45) is 2.85. The number of nitrogens with zero attached hydrogens (tertiary/aromatic N) is 2. The van der Waals surface area contributed by atoms with Crippen molar-refractivity contribution in [3.8, 4) is 5.75 Å². The van der Waals surface area contributed by atoms with Gasteiger partial charge in [0.25, 0.3) is 0 Å². The van der Waals surface area contributed by atoms with Gasteiger partial charge in [-0.1, -0.05) is 37.3 Å². The average molecular weight is 339 g/mol. The highest BCUT2D eigenvalue weighted by Gasteiger charge is 2.01. The lowest BCUT2D eigenvalue weighted by molar-refractivity contribution is 0.289. The number of hydrogen-bond donors (Lipinski definition) is 1. The number of benzene rings is 2. The third kappa shape index (κ3) is 4.55. The van der Waals surface area contributed by atoms with Crippen molar-refractivity contribution in [1.82, 2.24) is 4.98 Å². The van der Waals surface area contributed by atoms with Crippen molar-refractivity contribution in [2.24, 2.45) is 11.0 Å². The van der Waals surface area contributed by atoms with Crippen LogP contribution in [0.5, 0.6) is 5.75 Å². The molecule has 124 valence electrons.